The van der Waals surface area contributed by atoms with Gasteiger partial charge < -0.3 is 0 Å². The van der Waals surface area contributed by atoms with E-state index in [4.69, 9.17) is 0 Å². The summed E-state index contributed by atoms with van der Waals surface area (Å²) in [6.45, 7) is 10.2. The second kappa shape index (κ2) is 13.2. The van der Waals surface area contributed by atoms with Crippen molar-refractivity contribution in [3.05, 3.63) is 69.1 Å². The molecule has 1 atom stereocenters. The van der Waals surface area contributed by atoms with Crippen molar-refractivity contribution in [2.75, 3.05) is 13.1 Å². The Kier molecular flexibility index (Phi) is 11.8. The van der Waals surface area contributed by atoms with Crippen LogP contribution in [0.4, 0.5) is 0 Å². The summed E-state index contributed by atoms with van der Waals surface area (Å²) in [5, 5.41) is 4.26. The lowest BCUT2D eigenvalue weighted by Gasteiger charge is -2.39. The molecule has 1 N–H and O–H groups in total. The van der Waals surface area contributed by atoms with Crippen LogP contribution < -0.4 is 4.72 Å². The first-order valence-electron chi connectivity index (χ1n) is 8.13. The second-order valence-corrected chi connectivity index (χ2v) is 11.3. The number of thiophene rings is 2. The first kappa shape index (κ1) is 23.2. The highest BCUT2D eigenvalue weighted by atomic mass is 127. The van der Waals surface area contributed by atoms with E-state index in [0.717, 1.165) is 32.4 Å². The maximum atomic E-state index is 4.08. The molecule has 3 rings (SSSR count). The predicted octanol–water partition coefficient (Wildman–Crippen LogP) is 7.35. The number of hydrogen-bond donors (Lipinski definition) is 1. The van der Waals surface area contributed by atoms with Crippen LogP contribution in [-0.4, -0.2) is 23.4 Å². The van der Waals surface area contributed by atoms with Crippen molar-refractivity contribution in [1.82, 2.24) is 9.03 Å². The Morgan fingerprint density at radius 2 is 1.77 bits per heavy atom. The zero-order valence-electron chi connectivity index (χ0n) is 14.3. The quantitative estimate of drug-likeness (QED) is 0.174. The molecule has 0 spiro atoms. The van der Waals surface area contributed by atoms with Crippen molar-refractivity contribution >= 4 is 83.3 Å². The van der Waals surface area contributed by atoms with Gasteiger partial charge in [0.25, 0.3) is 0 Å². The Bertz CT molecular complexity index is 659. The van der Waals surface area contributed by atoms with E-state index in [1.54, 1.807) is 18.2 Å². The van der Waals surface area contributed by atoms with Gasteiger partial charge in [0.05, 0.1) is 0 Å². The van der Waals surface area contributed by atoms with Crippen LogP contribution in [0.2, 0.25) is 0 Å². The van der Waals surface area contributed by atoms with Crippen LogP contribution in [-0.2, 0) is 12.8 Å². The normalized spacial score (nSPS) is 16.3. The fourth-order valence-electron chi connectivity index (χ4n) is 2.45. The van der Waals surface area contributed by atoms with Crippen molar-refractivity contribution in [2.45, 2.75) is 25.3 Å². The van der Waals surface area contributed by atoms with Crippen molar-refractivity contribution in [2.24, 2.45) is 0 Å². The number of rotatable bonds is 9. The molecule has 2 aromatic rings. The standard InChI is InChI=1S/C12H14INS2.C6H8INS2/c1-9-8-12(10(9)2)14(16-13)6-5-11-4-3-7-15-11;7-10-8-4-3-6-2-1-5-9-6/h3-4,7,12H,1-2,5-6,8H2;1-2,5,8H,3-4H2. The first-order chi connectivity index (χ1) is 12.7. The molecule has 0 radical (unpaired) electrons. The van der Waals surface area contributed by atoms with Gasteiger partial charge in [-0.1, -0.05) is 25.3 Å². The minimum absolute atomic E-state index is 0.509. The van der Waals surface area contributed by atoms with Gasteiger partial charge in [-0.05, 0) is 71.5 Å². The Morgan fingerprint density at radius 3 is 2.23 bits per heavy atom. The SMILES string of the molecule is C=C1CC(N(CCc2cccs2)SI)C1=C.ISNCCc1cccs1. The topological polar surface area (TPSA) is 15.3 Å². The average molecular weight is 648 g/mol. The molecule has 1 aliphatic rings. The summed E-state index contributed by atoms with van der Waals surface area (Å²) < 4.78 is 5.61. The second-order valence-electron chi connectivity index (χ2n) is 5.69. The molecule has 26 heavy (non-hydrogen) atoms. The van der Waals surface area contributed by atoms with Gasteiger partial charge in [-0.25, -0.2) is 4.31 Å². The molecule has 2 heterocycles. The lowest BCUT2D eigenvalue weighted by Crippen LogP contribution is -2.39. The third kappa shape index (κ3) is 7.76. The molecule has 0 aromatic carbocycles. The Morgan fingerprint density at radius 1 is 1.12 bits per heavy atom. The van der Waals surface area contributed by atoms with Gasteiger partial charge in [-0.15, -0.1) is 22.7 Å². The van der Waals surface area contributed by atoms with E-state index in [9.17, 15) is 0 Å². The van der Waals surface area contributed by atoms with Gasteiger partial charge in [0, 0.05) is 71.3 Å². The third-order valence-corrected chi connectivity index (χ3v) is 9.25. The maximum absolute atomic E-state index is 4.08. The predicted molar refractivity (Wildman–Crippen MR) is 141 cm³/mol. The van der Waals surface area contributed by atoms with Crippen LogP contribution in [0.1, 0.15) is 16.2 Å². The Labute approximate surface area is 197 Å². The maximum Gasteiger partial charge on any atom is 0.0496 e. The van der Waals surface area contributed by atoms with Gasteiger partial charge in [0.15, 0.2) is 0 Å². The molecule has 0 saturated heterocycles. The molecular weight excluding hydrogens is 626 g/mol. The molecule has 0 aliphatic heterocycles. The zero-order chi connectivity index (χ0) is 18.8. The fourth-order valence-corrected chi connectivity index (χ4v) is 6.57. The summed E-state index contributed by atoms with van der Waals surface area (Å²) in [7, 11) is 3.44. The van der Waals surface area contributed by atoms with Gasteiger partial charge in [-0.3, -0.25) is 4.72 Å². The lowest BCUT2D eigenvalue weighted by molar-refractivity contribution is 0.365. The van der Waals surface area contributed by atoms with Crippen LogP contribution in [0.15, 0.2) is 59.3 Å². The molecule has 1 saturated carbocycles. The molecule has 2 aromatic heterocycles. The smallest absolute Gasteiger partial charge is 0.0496 e. The largest absolute Gasteiger partial charge is 0.255 e. The fraction of sp³-hybridized carbons (Fsp3) is 0.333. The summed E-state index contributed by atoms with van der Waals surface area (Å²) in [6, 6.07) is 9.09. The Balaban J connectivity index is 0.000000209. The summed E-state index contributed by atoms with van der Waals surface area (Å²) in [5.74, 6) is 0. The highest BCUT2D eigenvalue weighted by Crippen LogP contribution is 2.39. The van der Waals surface area contributed by atoms with Crippen molar-refractivity contribution in [1.29, 1.82) is 0 Å². The van der Waals surface area contributed by atoms with E-state index in [1.165, 1.54) is 20.9 Å². The van der Waals surface area contributed by atoms with E-state index in [1.807, 2.05) is 22.7 Å². The number of nitrogens with zero attached hydrogens (tertiary/aromatic N) is 1. The van der Waals surface area contributed by atoms with Crippen molar-refractivity contribution in [3.8, 4) is 0 Å². The molecule has 2 nitrogen and oxygen atoms in total. The summed E-state index contributed by atoms with van der Waals surface area (Å²) in [5.41, 5.74) is 2.44. The van der Waals surface area contributed by atoms with Crippen LogP contribution in [0, 0.1) is 0 Å². The number of hydrogen-bond acceptors (Lipinski definition) is 6. The molecular formula is C18H22I2N2S4. The summed E-state index contributed by atoms with van der Waals surface area (Å²) in [4.78, 5) is 2.91. The molecule has 0 amide bonds. The van der Waals surface area contributed by atoms with Gasteiger partial charge >= 0.3 is 0 Å². The summed E-state index contributed by atoms with van der Waals surface area (Å²) in [6.07, 6.45) is 3.36. The first-order valence-corrected chi connectivity index (χ1v) is 16.6. The molecule has 142 valence electrons. The van der Waals surface area contributed by atoms with Gasteiger partial charge in [-0.2, -0.15) is 0 Å². The number of nitrogens with one attached hydrogen (secondary N) is 1. The van der Waals surface area contributed by atoms with Gasteiger partial charge in [0.2, 0.25) is 0 Å². The molecule has 1 fully saturated rings. The van der Waals surface area contributed by atoms with Gasteiger partial charge in [0.1, 0.15) is 0 Å². The molecule has 1 unspecified atom stereocenters. The van der Waals surface area contributed by atoms with Crippen molar-refractivity contribution < 1.29 is 0 Å². The van der Waals surface area contributed by atoms with E-state index in [-0.39, 0.29) is 0 Å². The summed E-state index contributed by atoms with van der Waals surface area (Å²) >= 11 is 8.25. The lowest BCUT2D eigenvalue weighted by atomic mass is 9.82. The molecule has 8 heteroatoms. The minimum atomic E-state index is 0.509. The monoisotopic (exact) mass is 648 g/mol. The third-order valence-electron chi connectivity index (χ3n) is 4.00. The zero-order valence-corrected chi connectivity index (χ0v) is 21.9. The highest BCUT2D eigenvalue weighted by molar-refractivity contribution is 14.2. The van der Waals surface area contributed by atoms with E-state index in [2.05, 4.69) is 99.6 Å². The van der Waals surface area contributed by atoms with E-state index >= 15 is 0 Å². The number of halogens is 2. The van der Waals surface area contributed by atoms with Crippen LogP contribution >= 0.6 is 83.3 Å². The van der Waals surface area contributed by atoms with E-state index < -0.39 is 0 Å². The van der Waals surface area contributed by atoms with E-state index in [0.29, 0.717) is 6.04 Å². The van der Waals surface area contributed by atoms with Crippen LogP contribution in [0.25, 0.3) is 0 Å². The van der Waals surface area contributed by atoms with Crippen LogP contribution in [0.5, 0.6) is 0 Å². The van der Waals surface area contributed by atoms with Crippen LogP contribution in [0.3, 0.4) is 0 Å². The Hall–Kier alpha value is 0.960. The highest BCUT2D eigenvalue weighted by Gasteiger charge is 2.31. The molecule has 0 bridgehead atoms. The average Bonchev–Trinajstić information content (AvgIpc) is 3.36. The minimum Gasteiger partial charge on any atom is -0.255 e. The molecule has 1 aliphatic carbocycles. The van der Waals surface area contributed by atoms with Crippen molar-refractivity contribution in [3.63, 3.8) is 0 Å².